The number of aliphatic hydroxyl groups excluding tert-OH is 1. The number of aliphatic hydroxyl groups is 1. The van der Waals surface area contributed by atoms with Crippen molar-refractivity contribution in [1.82, 2.24) is 9.97 Å². The predicted octanol–water partition coefficient (Wildman–Crippen LogP) is 0.275. The molecule has 3 N–H and O–H groups in total. The van der Waals surface area contributed by atoms with Crippen LogP contribution in [-0.4, -0.2) is 46.7 Å². The molecule has 0 spiro atoms. The fraction of sp³-hybridized carbons (Fsp3) is 0.545. The summed E-state index contributed by atoms with van der Waals surface area (Å²) in [4.78, 5) is 21.1. The van der Waals surface area contributed by atoms with Gasteiger partial charge in [0.05, 0.1) is 17.6 Å². The van der Waals surface area contributed by atoms with E-state index in [-0.39, 0.29) is 24.9 Å². The molecule has 0 amide bonds. The minimum atomic E-state index is -0.183. The molecule has 0 radical (unpaired) electrons. The molecule has 1 fully saturated rings. The standard InChI is InChI=1S/C11H16N4O3S/c1-15(9-3-2-7(5-16)18-9)10-8(19-6-17)4-13-11(12)14-10/h4,6-7,9,16H,2-3,5H2,1H3,(H2,12,13,14). The number of thioether (sulfide) groups is 1. The number of rotatable bonds is 5. The summed E-state index contributed by atoms with van der Waals surface area (Å²) in [5.41, 5.74) is 6.31. The van der Waals surface area contributed by atoms with Gasteiger partial charge in [0, 0.05) is 13.2 Å². The van der Waals surface area contributed by atoms with Gasteiger partial charge in [0.25, 0.3) is 0 Å². The van der Waals surface area contributed by atoms with E-state index >= 15 is 0 Å². The number of carbonyl (C=O) groups is 1. The van der Waals surface area contributed by atoms with Crippen LogP contribution in [0.1, 0.15) is 12.8 Å². The largest absolute Gasteiger partial charge is 0.394 e. The van der Waals surface area contributed by atoms with Gasteiger partial charge in [-0.3, -0.25) is 4.79 Å². The smallest absolute Gasteiger partial charge is 0.222 e. The van der Waals surface area contributed by atoms with Gasteiger partial charge in [0.2, 0.25) is 5.95 Å². The Hall–Kier alpha value is -1.38. The number of carbonyl (C=O) groups excluding carboxylic acids is 1. The third-order valence-corrected chi connectivity index (χ3v) is 3.62. The number of anilines is 2. The van der Waals surface area contributed by atoms with Crippen molar-refractivity contribution in [2.75, 3.05) is 24.3 Å². The lowest BCUT2D eigenvalue weighted by Crippen LogP contribution is -2.33. The van der Waals surface area contributed by atoms with Crippen molar-refractivity contribution in [3.8, 4) is 0 Å². The molecule has 2 unspecified atom stereocenters. The van der Waals surface area contributed by atoms with Crippen LogP contribution in [0.25, 0.3) is 0 Å². The van der Waals surface area contributed by atoms with Gasteiger partial charge in [-0.2, -0.15) is 4.98 Å². The molecule has 1 aromatic rings. The van der Waals surface area contributed by atoms with Crippen LogP contribution in [-0.2, 0) is 9.53 Å². The van der Waals surface area contributed by atoms with Crippen molar-refractivity contribution >= 4 is 29.1 Å². The average Bonchev–Trinajstić information content (AvgIpc) is 2.89. The van der Waals surface area contributed by atoms with Crippen molar-refractivity contribution in [2.45, 2.75) is 30.1 Å². The maximum absolute atomic E-state index is 10.6. The predicted molar refractivity (Wildman–Crippen MR) is 72.4 cm³/mol. The van der Waals surface area contributed by atoms with Gasteiger partial charge in [-0.1, -0.05) is 0 Å². The summed E-state index contributed by atoms with van der Waals surface area (Å²) in [6, 6.07) is 0. The van der Waals surface area contributed by atoms with Crippen LogP contribution >= 0.6 is 11.8 Å². The normalized spacial score (nSPS) is 22.4. The van der Waals surface area contributed by atoms with Crippen molar-refractivity contribution < 1.29 is 14.6 Å². The number of ether oxygens (including phenoxy) is 1. The van der Waals surface area contributed by atoms with E-state index in [0.717, 1.165) is 30.2 Å². The lowest BCUT2D eigenvalue weighted by Gasteiger charge is -2.26. The van der Waals surface area contributed by atoms with Crippen LogP contribution < -0.4 is 10.6 Å². The summed E-state index contributed by atoms with van der Waals surface area (Å²) in [6.07, 6.45) is 2.77. The molecule has 104 valence electrons. The summed E-state index contributed by atoms with van der Waals surface area (Å²) in [6.45, 7) is 0.00615. The summed E-state index contributed by atoms with van der Waals surface area (Å²) in [7, 11) is 1.82. The van der Waals surface area contributed by atoms with Crippen molar-refractivity contribution in [3.63, 3.8) is 0 Å². The molecule has 7 nitrogen and oxygen atoms in total. The molecule has 2 heterocycles. The first-order valence-electron chi connectivity index (χ1n) is 5.87. The van der Waals surface area contributed by atoms with Crippen molar-refractivity contribution in [2.24, 2.45) is 0 Å². The zero-order chi connectivity index (χ0) is 13.8. The lowest BCUT2D eigenvalue weighted by molar-refractivity contribution is 0.0122. The fourth-order valence-electron chi connectivity index (χ4n) is 2.00. The maximum Gasteiger partial charge on any atom is 0.222 e. The molecule has 0 saturated carbocycles. The molecule has 1 aliphatic rings. The Labute approximate surface area is 115 Å². The first-order valence-corrected chi connectivity index (χ1v) is 6.75. The monoisotopic (exact) mass is 284 g/mol. The van der Waals surface area contributed by atoms with Gasteiger partial charge in [-0.25, -0.2) is 4.98 Å². The highest BCUT2D eigenvalue weighted by Crippen LogP contribution is 2.31. The molecule has 1 aromatic heterocycles. The minimum Gasteiger partial charge on any atom is -0.394 e. The van der Waals surface area contributed by atoms with E-state index in [1.165, 1.54) is 6.20 Å². The van der Waals surface area contributed by atoms with Crippen LogP contribution in [0.5, 0.6) is 0 Å². The second kappa shape index (κ2) is 6.18. The highest BCUT2D eigenvalue weighted by Gasteiger charge is 2.29. The van der Waals surface area contributed by atoms with Crippen LogP contribution in [0.3, 0.4) is 0 Å². The van der Waals surface area contributed by atoms with Gasteiger partial charge in [0.1, 0.15) is 12.0 Å². The Morgan fingerprint density at radius 2 is 2.47 bits per heavy atom. The second-order valence-electron chi connectivity index (χ2n) is 4.21. The molecule has 0 bridgehead atoms. The SMILES string of the molecule is CN(c1nc(N)ncc1SC=O)C1CCC(CO)O1. The van der Waals surface area contributed by atoms with E-state index in [0.29, 0.717) is 10.7 Å². The number of hydrogen-bond donors (Lipinski definition) is 2. The van der Waals surface area contributed by atoms with E-state index in [2.05, 4.69) is 9.97 Å². The van der Waals surface area contributed by atoms with Crippen molar-refractivity contribution in [3.05, 3.63) is 6.20 Å². The molecule has 1 saturated heterocycles. The van der Waals surface area contributed by atoms with E-state index < -0.39 is 0 Å². The summed E-state index contributed by atoms with van der Waals surface area (Å²) in [5, 5.41) is 9.08. The Bertz CT molecular complexity index is 460. The Morgan fingerprint density at radius 1 is 1.68 bits per heavy atom. The Balaban J connectivity index is 2.20. The van der Waals surface area contributed by atoms with Crippen LogP contribution in [0.2, 0.25) is 0 Å². The summed E-state index contributed by atoms with van der Waals surface area (Å²) >= 11 is 0.997. The molecule has 2 rings (SSSR count). The summed E-state index contributed by atoms with van der Waals surface area (Å²) < 4.78 is 5.68. The quantitative estimate of drug-likeness (QED) is 0.587. The zero-order valence-corrected chi connectivity index (χ0v) is 11.3. The molecule has 0 aromatic carbocycles. The molecule has 19 heavy (non-hydrogen) atoms. The Morgan fingerprint density at radius 3 is 3.11 bits per heavy atom. The van der Waals surface area contributed by atoms with Crippen LogP contribution in [0, 0.1) is 0 Å². The Kier molecular flexibility index (Phi) is 4.56. The zero-order valence-electron chi connectivity index (χ0n) is 10.5. The third kappa shape index (κ3) is 3.14. The number of nitrogen functional groups attached to an aromatic ring is 1. The van der Waals surface area contributed by atoms with Gasteiger partial charge < -0.3 is 20.5 Å². The fourth-order valence-corrected chi connectivity index (χ4v) is 2.52. The van der Waals surface area contributed by atoms with Gasteiger partial charge in [-0.05, 0) is 24.6 Å². The van der Waals surface area contributed by atoms with E-state index in [1.54, 1.807) is 0 Å². The average molecular weight is 284 g/mol. The maximum atomic E-state index is 10.6. The van der Waals surface area contributed by atoms with Crippen LogP contribution in [0.4, 0.5) is 11.8 Å². The first kappa shape index (κ1) is 14.0. The molecule has 2 atom stereocenters. The van der Waals surface area contributed by atoms with Gasteiger partial charge in [-0.15, -0.1) is 0 Å². The number of hydrogen-bond acceptors (Lipinski definition) is 8. The van der Waals surface area contributed by atoms with Gasteiger partial charge in [0.15, 0.2) is 5.62 Å². The minimum absolute atomic E-state index is 0.00615. The topological polar surface area (TPSA) is 102 Å². The molecular formula is C11H16N4O3S. The van der Waals surface area contributed by atoms with E-state index in [1.807, 2.05) is 11.9 Å². The molecule has 8 heteroatoms. The molecule has 1 aliphatic heterocycles. The molecule has 0 aliphatic carbocycles. The number of nitrogens with zero attached hydrogens (tertiary/aromatic N) is 3. The lowest BCUT2D eigenvalue weighted by atomic mass is 10.2. The second-order valence-corrected chi connectivity index (χ2v) is 5.08. The van der Waals surface area contributed by atoms with E-state index in [9.17, 15) is 4.79 Å². The highest BCUT2D eigenvalue weighted by molar-refractivity contribution is 8.12. The summed E-state index contributed by atoms with van der Waals surface area (Å²) in [5.74, 6) is 0.710. The third-order valence-electron chi connectivity index (χ3n) is 2.98. The highest BCUT2D eigenvalue weighted by atomic mass is 32.2. The molecular weight excluding hydrogens is 268 g/mol. The van der Waals surface area contributed by atoms with E-state index in [4.69, 9.17) is 15.6 Å². The van der Waals surface area contributed by atoms with Crippen molar-refractivity contribution in [1.29, 1.82) is 0 Å². The van der Waals surface area contributed by atoms with Crippen LogP contribution in [0.15, 0.2) is 11.1 Å². The first-order chi connectivity index (χ1) is 9.15. The van der Waals surface area contributed by atoms with Gasteiger partial charge >= 0.3 is 0 Å². The number of aromatic nitrogens is 2. The number of nitrogens with two attached hydrogens (primary N) is 1.